The molecule has 0 aliphatic heterocycles. The molecule has 0 fully saturated rings. The van der Waals surface area contributed by atoms with Crippen molar-refractivity contribution in [3.63, 3.8) is 0 Å². The van der Waals surface area contributed by atoms with Crippen LogP contribution < -0.4 is 10.6 Å². The van der Waals surface area contributed by atoms with Crippen LogP contribution in [0.1, 0.15) is 25.8 Å². The van der Waals surface area contributed by atoms with Crippen molar-refractivity contribution in [2.45, 2.75) is 33.2 Å². The fourth-order valence-corrected chi connectivity index (χ4v) is 2.19. The van der Waals surface area contributed by atoms with E-state index in [9.17, 15) is 4.79 Å². The Morgan fingerprint density at radius 3 is 2.78 bits per heavy atom. The molecule has 3 nitrogen and oxygen atoms in total. The highest BCUT2D eigenvalue weighted by Gasteiger charge is 2.13. The van der Waals surface area contributed by atoms with Crippen LogP contribution in [0, 0.1) is 6.92 Å². The van der Waals surface area contributed by atoms with Crippen LogP contribution in [0.15, 0.2) is 16.6 Å². The molecular formula is C13H18BrClN2O. The Morgan fingerprint density at radius 2 is 2.17 bits per heavy atom. The van der Waals surface area contributed by atoms with Crippen molar-refractivity contribution in [1.82, 2.24) is 5.32 Å². The molecule has 0 saturated heterocycles. The lowest BCUT2D eigenvalue weighted by atomic mass is 10.2. The fraction of sp³-hybridized carbons (Fsp3) is 0.462. The van der Waals surface area contributed by atoms with E-state index >= 15 is 0 Å². The number of nitrogens with one attached hydrogen (secondary N) is 2. The Morgan fingerprint density at radius 1 is 1.50 bits per heavy atom. The van der Waals surface area contributed by atoms with Crippen LogP contribution in [0.25, 0.3) is 0 Å². The second-order valence-corrected chi connectivity index (χ2v) is 5.50. The van der Waals surface area contributed by atoms with Crippen molar-refractivity contribution in [2.24, 2.45) is 0 Å². The Balaban J connectivity index is 2.72. The third-order valence-electron chi connectivity index (χ3n) is 2.56. The van der Waals surface area contributed by atoms with Gasteiger partial charge in [-0.3, -0.25) is 4.79 Å². The van der Waals surface area contributed by atoms with E-state index < -0.39 is 0 Å². The zero-order valence-corrected chi connectivity index (χ0v) is 13.2. The van der Waals surface area contributed by atoms with Gasteiger partial charge in [-0.1, -0.05) is 18.5 Å². The zero-order valence-electron chi connectivity index (χ0n) is 10.8. The predicted octanol–water partition coefficient (Wildman–Crippen LogP) is 3.74. The smallest absolute Gasteiger partial charge is 0.242 e. The number of carbonyl (C=O) groups excluding carboxylic acids is 1. The average Bonchev–Trinajstić information content (AvgIpc) is 2.32. The lowest BCUT2D eigenvalue weighted by molar-refractivity contribution is -0.121. The van der Waals surface area contributed by atoms with E-state index in [4.69, 9.17) is 11.6 Å². The molecule has 1 rings (SSSR count). The Bertz CT molecular complexity index is 437. The van der Waals surface area contributed by atoms with Crippen molar-refractivity contribution >= 4 is 39.1 Å². The Hall–Kier alpha value is -0.740. The first-order chi connectivity index (χ1) is 8.45. The minimum atomic E-state index is -0.299. The number of hydrogen-bond donors (Lipinski definition) is 2. The van der Waals surface area contributed by atoms with Gasteiger partial charge in [-0.15, -0.1) is 0 Å². The maximum absolute atomic E-state index is 11.7. The maximum atomic E-state index is 11.7. The van der Waals surface area contributed by atoms with Gasteiger partial charge < -0.3 is 10.6 Å². The van der Waals surface area contributed by atoms with Gasteiger partial charge in [0.1, 0.15) is 6.04 Å². The fourth-order valence-electron chi connectivity index (χ4n) is 1.46. The van der Waals surface area contributed by atoms with Crippen molar-refractivity contribution < 1.29 is 4.79 Å². The first kappa shape index (κ1) is 15.3. The molecule has 2 N–H and O–H groups in total. The van der Waals surface area contributed by atoms with Crippen LogP contribution in [0.5, 0.6) is 0 Å². The first-order valence-corrected chi connectivity index (χ1v) is 7.12. The van der Waals surface area contributed by atoms with Crippen molar-refractivity contribution in [3.05, 3.63) is 27.2 Å². The van der Waals surface area contributed by atoms with Crippen LogP contribution in [-0.2, 0) is 4.79 Å². The number of hydrogen-bond acceptors (Lipinski definition) is 2. The molecule has 0 saturated carbocycles. The minimum absolute atomic E-state index is 0.0135. The molecule has 0 aliphatic carbocycles. The van der Waals surface area contributed by atoms with Crippen LogP contribution in [0.3, 0.4) is 0 Å². The average molecular weight is 334 g/mol. The molecule has 0 heterocycles. The van der Waals surface area contributed by atoms with Crippen LogP contribution in [-0.4, -0.2) is 18.5 Å². The Labute approximate surface area is 121 Å². The molecule has 1 unspecified atom stereocenters. The Kier molecular flexibility index (Phi) is 5.96. The van der Waals surface area contributed by atoms with Gasteiger partial charge in [-0.05, 0) is 53.9 Å². The molecule has 1 aromatic carbocycles. The molecule has 1 aromatic rings. The van der Waals surface area contributed by atoms with Crippen LogP contribution >= 0.6 is 27.5 Å². The third kappa shape index (κ3) is 4.18. The van der Waals surface area contributed by atoms with Crippen LogP contribution in [0.2, 0.25) is 5.02 Å². The van der Waals surface area contributed by atoms with Crippen LogP contribution in [0.4, 0.5) is 5.69 Å². The lowest BCUT2D eigenvalue weighted by Gasteiger charge is -2.17. The zero-order chi connectivity index (χ0) is 13.7. The molecule has 0 aromatic heterocycles. The van der Waals surface area contributed by atoms with Gasteiger partial charge in [0, 0.05) is 16.0 Å². The van der Waals surface area contributed by atoms with E-state index in [1.54, 1.807) is 0 Å². The standard InChI is InChI=1S/C13H18BrClN2O/c1-4-5-16-13(18)9(3)17-12-7-11(15)8(2)6-10(12)14/h6-7,9,17H,4-5H2,1-3H3,(H,16,18). The number of aryl methyl sites for hydroxylation is 1. The summed E-state index contributed by atoms with van der Waals surface area (Å²) in [6, 6.07) is 3.46. The van der Waals surface area contributed by atoms with Gasteiger partial charge in [-0.2, -0.15) is 0 Å². The molecule has 0 spiro atoms. The summed E-state index contributed by atoms with van der Waals surface area (Å²) in [6.45, 7) is 6.48. The van der Waals surface area contributed by atoms with E-state index in [0.717, 1.165) is 22.1 Å². The molecule has 0 aliphatic rings. The highest BCUT2D eigenvalue weighted by atomic mass is 79.9. The maximum Gasteiger partial charge on any atom is 0.242 e. The molecule has 18 heavy (non-hydrogen) atoms. The monoisotopic (exact) mass is 332 g/mol. The molecule has 1 amide bonds. The third-order valence-corrected chi connectivity index (χ3v) is 3.63. The summed E-state index contributed by atoms with van der Waals surface area (Å²) < 4.78 is 0.902. The summed E-state index contributed by atoms with van der Waals surface area (Å²) in [5.41, 5.74) is 1.82. The second-order valence-electron chi connectivity index (χ2n) is 4.24. The second kappa shape index (κ2) is 7.00. The lowest BCUT2D eigenvalue weighted by Crippen LogP contribution is -2.37. The SMILES string of the molecule is CCCNC(=O)C(C)Nc1cc(Cl)c(C)cc1Br. The van der Waals surface area contributed by atoms with Gasteiger partial charge >= 0.3 is 0 Å². The van der Waals surface area contributed by atoms with Crippen molar-refractivity contribution in [2.75, 3.05) is 11.9 Å². The molecule has 5 heteroatoms. The van der Waals surface area contributed by atoms with Gasteiger partial charge in [-0.25, -0.2) is 0 Å². The minimum Gasteiger partial charge on any atom is -0.373 e. The largest absolute Gasteiger partial charge is 0.373 e. The predicted molar refractivity (Wildman–Crippen MR) is 80.3 cm³/mol. The van der Waals surface area contributed by atoms with Crippen molar-refractivity contribution in [3.8, 4) is 0 Å². The quantitative estimate of drug-likeness (QED) is 0.862. The number of halogens is 2. The van der Waals surface area contributed by atoms with Crippen molar-refractivity contribution in [1.29, 1.82) is 0 Å². The van der Waals surface area contributed by atoms with E-state index in [2.05, 4.69) is 26.6 Å². The van der Waals surface area contributed by atoms with E-state index in [0.29, 0.717) is 11.6 Å². The van der Waals surface area contributed by atoms with E-state index in [1.807, 2.05) is 32.9 Å². The summed E-state index contributed by atoms with van der Waals surface area (Å²) in [6.07, 6.45) is 0.929. The number of benzene rings is 1. The summed E-state index contributed by atoms with van der Waals surface area (Å²) in [5, 5.41) is 6.67. The summed E-state index contributed by atoms with van der Waals surface area (Å²) >= 11 is 9.53. The topological polar surface area (TPSA) is 41.1 Å². The summed E-state index contributed by atoms with van der Waals surface area (Å²) in [7, 11) is 0. The molecule has 0 radical (unpaired) electrons. The molecule has 0 bridgehead atoms. The first-order valence-electron chi connectivity index (χ1n) is 5.95. The highest BCUT2D eigenvalue weighted by Crippen LogP contribution is 2.29. The highest BCUT2D eigenvalue weighted by molar-refractivity contribution is 9.10. The van der Waals surface area contributed by atoms with E-state index in [-0.39, 0.29) is 11.9 Å². The molecule has 100 valence electrons. The molecule has 1 atom stereocenters. The number of carbonyl (C=O) groups is 1. The molecular weight excluding hydrogens is 316 g/mol. The normalized spacial score (nSPS) is 12.1. The van der Waals surface area contributed by atoms with Gasteiger partial charge in [0.05, 0.1) is 5.69 Å². The number of anilines is 1. The van der Waals surface area contributed by atoms with E-state index in [1.165, 1.54) is 0 Å². The summed E-state index contributed by atoms with van der Waals surface area (Å²) in [4.78, 5) is 11.7. The number of rotatable bonds is 5. The van der Waals surface area contributed by atoms with Gasteiger partial charge in [0.25, 0.3) is 0 Å². The number of amides is 1. The van der Waals surface area contributed by atoms with Gasteiger partial charge in [0.15, 0.2) is 0 Å². The van der Waals surface area contributed by atoms with Gasteiger partial charge in [0.2, 0.25) is 5.91 Å². The summed E-state index contributed by atoms with van der Waals surface area (Å²) in [5.74, 6) is -0.0135.